The van der Waals surface area contributed by atoms with Crippen molar-refractivity contribution in [2.45, 2.75) is 12.5 Å². The average molecular weight is 496 g/mol. The molecule has 0 saturated carbocycles. The zero-order valence-corrected chi connectivity index (χ0v) is 17.5. The van der Waals surface area contributed by atoms with Gasteiger partial charge in [-0.2, -0.15) is 13.9 Å². The monoisotopic (exact) mass is 494 g/mol. The number of aromatic nitrogens is 2. The number of alkyl halides is 2. The van der Waals surface area contributed by atoms with Gasteiger partial charge in [0, 0.05) is 26.6 Å². The summed E-state index contributed by atoms with van der Waals surface area (Å²) in [7, 11) is 3.15. The molecule has 0 unspecified atom stereocenters. The van der Waals surface area contributed by atoms with Crippen molar-refractivity contribution in [3.8, 4) is 5.75 Å². The fourth-order valence-corrected chi connectivity index (χ4v) is 4.19. The summed E-state index contributed by atoms with van der Waals surface area (Å²) in [6.45, 7) is -3.09. The standard InChI is InChI=1S/C17H15BrClF3N4O3/c1-25-6-7(12-11(18)14(19)24-26(12)2)10(16(25)28)15(27)23-9-5-3-4-8(20)13(9)29-17(21)22/h3-5,7,10,17H,6H2,1-2H3,(H,23,27)/t7-,10-/m0/s1. The first-order chi connectivity index (χ1) is 13.6. The van der Waals surface area contributed by atoms with Crippen LogP contribution in [0.3, 0.4) is 0 Å². The van der Waals surface area contributed by atoms with Crippen LogP contribution in [0.25, 0.3) is 0 Å². The normalized spacial score (nSPS) is 19.2. The lowest BCUT2D eigenvalue weighted by atomic mass is 9.91. The average Bonchev–Trinajstić information content (AvgIpc) is 3.05. The van der Waals surface area contributed by atoms with Gasteiger partial charge in [-0.25, -0.2) is 4.39 Å². The van der Waals surface area contributed by atoms with Crippen LogP contribution in [-0.2, 0) is 16.6 Å². The molecule has 1 aliphatic rings. The van der Waals surface area contributed by atoms with Gasteiger partial charge in [-0.05, 0) is 28.1 Å². The summed E-state index contributed by atoms with van der Waals surface area (Å²) in [5, 5.41) is 6.56. The molecule has 1 N–H and O–H groups in total. The van der Waals surface area contributed by atoms with E-state index in [2.05, 4.69) is 31.1 Å². The number of halogens is 5. The molecule has 0 aliphatic carbocycles. The number of ether oxygens (including phenoxy) is 1. The fraction of sp³-hybridized carbons (Fsp3) is 0.353. The number of benzene rings is 1. The van der Waals surface area contributed by atoms with Crippen molar-refractivity contribution in [3.05, 3.63) is 39.3 Å². The summed E-state index contributed by atoms with van der Waals surface area (Å²) >= 11 is 9.34. The quantitative estimate of drug-likeness (QED) is 0.645. The minimum absolute atomic E-state index is 0.168. The Labute approximate surface area is 176 Å². The molecule has 1 aromatic heterocycles. The highest BCUT2D eigenvalue weighted by Crippen LogP contribution is 2.40. The summed E-state index contributed by atoms with van der Waals surface area (Å²) in [5.41, 5.74) is 0.217. The molecule has 2 amide bonds. The number of likely N-dealkylation sites (N-methyl/N-ethyl adjacent to an activating group) is 1. The van der Waals surface area contributed by atoms with Gasteiger partial charge in [0.15, 0.2) is 16.7 Å². The molecule has 1 saturated heterocycles. The number of hydrogen-bond acceptors (Lipinski definition) is 4. The molecule has 156 valence electrons. The number of nitrogens with one attached hydrogen (secondary N) is 1. The van der Waals surface area contributed by atoms with Crippen LogP contribution in [0.15, 0.2) is 22.7 Å². The van der Waals surface area contributed by atoms with Crippen molar-refractivity contribution < 1.29 is 27.5 Å². The lowest BCUT2D eigenvalue weighted by molar-refractivity contribution is -0.135. The zero-order valence-electron chi connectivity index (χ0n) is 15.1. The lowest BCUT2D eigenvalue weighted by Crippen LogP contribution is -2.33. The number of amides is 2. The van der Waals surface area contributed by atoms with Crippen molar-refractivity contribution in [2.24, 2.45) is 13.0 Å². The first kappa shape index (κ1) is 21.4. The Morgan fingerprint density at radius 1 is 1.41 bits per heavy atom. The van der Waals surface area contributed by atoms with Crippen LogP contribution < -0.4 is 10.1 Å². The van der Waals surface area contributed by atoms with Crippen LogP contribution in [0.1, 0.15) is 11.6 Å². The van der Waals surface area contributed by atoms with E-state index >= 15 is 0 Å². The van der Waals surface area contributed by atoms with E-state index in [0.717, 1.165) is 6.07 Å². The maximum atomic E-state index is 13.9. The lowest BCUT2D eigenvalue weighted by Gasteiger charge is -2.19. The SMILES string of the molecule is CN1C[C@H](c2c(Br)c(Cl)nn2C)[C@@H](C(=O)Nc2cccc(F)c2OC(F)F)C1=O. The van der Waals surface area contributed by atoms with Gasteiger partial charge in [-0.3, -0.25) is 14.3 Å². The van der Waals surface area contributed by atoms with E-state index in [-0.39, 0.29) is 17.4 Å². The summed E-state index contributed by atoms with van der Waals surface area (Å²) in [6, 6.07) is 3.34. The molecule has 7 nitrogen and oxygen atoms in total. The molecular formula is C17H15BrClF3N4O3. The minimum Gasteiger partial charge on any atom is -0.429 e. The molecule has 3 rings (SSSR count). The van der Waals surface area contributed by atoms with E-state index in [1.807, 2.05) is 0 Å². The summed E-state index contributed by atoms with van der Waals surface area (Å²) in [5.74, 6) is -4.99. The number of para-hydroxylation sites is 1. The molecule has 12 heteroatoms. The van der Waals surface area contributed by atoms with Crippen LogP contribution in [0.5, 0.6) is 5.75 Å². The molecule has 0 radical (unpaired) electrons. The topological polar surface area (TPSA) is 76.5 Å². The van der Waals surface area contributed by atoms with E-state index < -0.39 is 41.8 Å². The summed E-state index contributed by atoms with van der Waals surface area (Å²) < 4.78 is 45.2. The van der Waals surface area contributed by atoms with Crippen LogP contribution in [-0.4, -0.2) is 46.7 Å². The van der Waals surface area contributed by atoms with Crippen molar-refractivity contribution in [2.75, 3.05) is 18.9 Å². The molecule has 2 aromatic rings. The molecule has 29 heavy (non-hydrogen) atoms. The molecular weight excluding hydrogens is 481 g/mol. The third-order valence-electron chi connectivity index (χ3n) is 4.57. The van der Waals surface area contributed by atoms with Gasteiger partial charge >= 0.3 is 6.61 Å². The number of hydrogen-bond donors (Lipinski definition) is 1. The van der Waals surface area contributed by atoms with Crippen molar-refractivity contribution in [1.82, 2.24) is 14.7 Å². The zero-order chi connectivity index (χ0) is 21.5. The van der Waals surface area contributed by atoms with E-state index in [9.17, 15) is 22.8 Å². The molecule has 2 atom stereocenters. The van der Waals surface area contributed by atoms with Crippen LogP contribution in [0.4, 0.5) is 18.9 Å². The number of carbonyl (C=O) groups is 2. The van der Waals surface area contributed by atoms with Crippen LogP contribution in [0, 0.1) is 11.7 Å². The number of likely N-dealkylation sites (tertiary alicyclic amines) is 1. The Bertz CT molecular complexity index is 972. The smallest absolute Gasteiger partial charge is 0.387 e. The maximum absolute atomic E-state index is 13.9. The number of nitrogens with zero attached hydrogens (tertiary/aromatic N) is 3. The van der Waals surface area contributed by atoms with E-state index in [0.29, 0.717) is 10.2 Å². The Balaban J connectivity index is 1.95. The molecule has 1 aliphatic heterocycles. The van der Waals surface area contributed by atoms with Gasteiger partial charge in [-0.1, -0.05) is 17.7 Å². The van der Waals surface area contributed by atoms with Crippen molar-refractivity contribution >= 4 is 45.0 Å². The third kappa shape index (κ3) is 4.06. The van der Waals surface area contributed by atoms with Gasteiger partial charge in [0.25, 0.3) is 0 Å². The predicted octanol–water partition coefficient (Wildman–Crippen LogP) is 3.39. The second-order valence-corrected chi connectivity index (χ2v) is 7.55. The first-order valence-corrected chi connectivity index (χ1v) is 9.46. The summed E-state index contributed by atoms with van der Waals surface area (Å²) in [4.78, 5) is 26.9. The Morgan fingerprint density at radius 3 is 2.69 bits per heavy atom. The second kappa shape index (κ2) is 8.23. The van der Waals surface area contributed by atoms with Crippen LogP contribution >= 0.6 is 27.5 Å². The highest BCUT2D eigenvalue weighted by molar-refractivity contribution is 9.10. The highest BCUT2D eigenvalue weighted by atomic mass is 79.9. The van der Waals surface area contributed by atoms with Gasteiger partial charge in [-0.15, -0.1) is 0 Å². The number of rotatable bonds is 5. The molecule has 1 fully saturated rings. The van der Waals surface area contributed by atoms with Gasteiger partial charge in [0.05, 0.1) is 15.9 Å². The van der Waals surface area contributed by atoms with E-state index in [1.165, 1.54) is 28.8 Å². The van der Waals surface area contributed by atoms with Crippen molar-refractivity contribution in [3.63, 3.8) is 0 Å². The Hall–Kier alpha value is -2.27. The molecule has 1 aromatic carbocycles. The molecule has 0 bridgehead atoms. The fourth-order valence-electron chi connectivity index (χ4n) is 3.35. The molecule has 2 heterocycles. The summed E-state index contributed by atoms with van der Waals surface area (Å²) in [6.07, 6.45) is 0. The second-order valence-electron chi connectivity index (χ2n) is 6.40. The van der Waals surface area contributed by atoms with Crippen molar-refractivity contribution in [1.29, 1.82) is 0 Å². The van der Waals surface area contributed by atoms with Gasteiger partial charge < -0.3 is 15.0 Å². The Morgan fingerprint density at radius 2 is 2.10 bits per heavy atom. The minimum atomic E-state index is -3.29. The predicted molar refractivity (Wildman–Crippen MR) is 101 cm³/mol. The first-order valence-electron chi connectivity index (χ1n) is 8.28. The Kier molecular flexibility index (Phi) is 6.08. The highest BCUT2D eigenvalue weighted by Gasteiger charge is 2.46. The number of carbonyl (C=O) groups excluding carboxylic acids is 2. The number of anilines is 1. The van der Waals surface area contributed by atoms with Gasteiger partial charge in [0.1, 0.15) is 5.92 Å². The van der Waals surface area contributed by atoms with Crippen LogP contribution in [0.2, 0.25) is 5.15 Å². The van der Waals surface area contributed by atoms with E-state index in [4.69, 9.17) is 11.6 Å². The molecule has 0 spiro atoms. The third-order valence-corrected chi connectivity index (χ3v) is 5.85. The maximum Gasteiger partial charge on any atom is 0.387 e. The largest absolute Gasteiger partial charge is 0.429 e. The number of aryl methyl sites for hydroxylation is 1. The van der Waals surface area contributed by atoms with E-state index in [1.54, 1.807) is 7.05 Å². The van der Waals surface area contributed by atoms with Gasteiger partial charge in [0.2, 0.25) is 11.8 Å².